The van der Waals surface area contributed by atoms with Gasteiger partial charge in [0.15, 0.2) is 0 Å². The first-order valence-electron chi connectivity index (χ1n) is 9.27. The Kier molecular flexibility index (Phi) is 6.97. The first kappa shape index (κ1) is 20.3. The standard InChI is InChI=1S/C21H25FN2O4/c1-15(25)23-18-6-8-20(9-7-18)28-14-19(26)12-24-10-11-27-21(13-24)16-2-4-17(22)5-3-16/h2-9,19,21,26H,10-14H2,1H3,(H,23,25)/t19-,21-/m1/s1. The molecule has 1 saturated heterocycles. The normalized spacial score (nSPS) is 18.5. The number of amides is 1. The second-order valence-electron chi connectivity index (χ2n) is 6.84. The summed E-state index contributed by atoms with van der Waals surface area (Å²) in [6, 6.07) is 13.3. The van der Waals surface area contributed by atoms with E-state index in [1.807, 2.05) is 0 Å². The second-order valence-corrected chi connectivity index (χ2v) is 6.84. The molecule has 0 aliphatic carbocycles. The van der Waals surface area contributed by atoms with E-state index in [1.165, 1.54) is 19.1 Å². The monoisotopic (exact) mass is 388 g/mol. The molecule has 1 heterocycles. The van der Waals surface area contributed by atoms with Gasteiger partial charge in [-0.15, -0.1) is 0 Å². The van der Waals surface area contributed by atoms with Gasteiger partial charge < -0.3 is 19.9 Å². The molecule has 1 amide bonds. The van der Waals surface area contributed by atoms with Gasteiger partial charge in [0.2, 0.25) is 5.91 Å². The molecular formula is C21H25FN2O4. The van der Waals surface area contributed by atoms with Crippen LogP contribution >= 0.6 is 0 Å². The van der Waals surface area contributed by atoms with Crippen molar-refractivity contribution < 1.29 is 23.8 Å². The maximum atomic E-state index is 13.1. The van der Waals surface area contributed by atoms with Gasteiger partial charge in [0, 0.05) is 32.2 Å². The number of β-amino-alcohol motifs (C(OH)–C–C–N with tert-alkyl or cyclic N) is 1. The minimum atomic E-state index is -0.651. The van der Waals surface area contributed by atoms with Crippen LogP contribution in [0.3, 0.4) is 0 Å². The third-order valence-corrected chi connectivity index (χ3v) is 4.48. The van der Waals surface area contributed by atoms with Gasteiger partial charge in [0.05, 0.1) is 12.7 Å². The van der Waals surface area contributed by atoms with Crippen molar-refractivity contribution in [1.29, 1.82) is 0 Å². The molecule has 0 spiro atoms. The molecule has 2 N–H and O–H groups in total. The largest absolute Gasteiger partial charge is 0.491 e. The van der Waals surface area contributed by atoms with Gasteiger partial charge in [0.1, 0.15) is 24.3 Å². The number of rotatable bonds is 7. The Morgan fingerprint density at radius 3 is 2.68 bits per heavy atom. The third-order valence-electron chi connectivity index (χ3n) is 4.48. The lowest BCUT2D eigenvalue weighted by molar-refractivity contribution is -0.114. The van der Waals surface area contributed by atoms with E-state index in [1.54, 1.807) is 36.4 Å². The summed E-state index contributed by atoms with van der Waals surface area (Å²) < 4.78 is 24.5. The summed E-state index contributed by atoms with van der Waals surface area (Å²) in [5.41, 5.74) is 1.62. The Bertz CT molecular complexity index is 767. The van der Waals surface area contributed by atoms with Crippen LogP contribution in [0.5, 0.6) is 5.75 Å². The number of hydrogen-bond acceptors (Lipinski definition) is 5. The summed E-state index contributed by atoms with van der Waals surface area (Å²) in [4.78, 5) is 13.1. The number of nitrogens with one attached hydrogen (secondary N) is 1. The molecule has 28 heavy (non-hydrogen) atoms. The van der Waals surface area contributed by atoms with E-state index in [9.17, 15) is 14.3 Å². The number of anilines is 1. The van der Waals surface area contributed by atoms with Crippen LogP contribution in [0.1, 0.15) is 18.6 Å². The molecule has 0 radical (unpaired) electrons. The van der Waals surface area contributed by atoms with E-state index in [0.717, 1.165) is 12.1 Å². The Labute approximate surface area is 163 Å². The van der Waals surface area contributed by atoms with Gasteiger partial charge in [-0.3, -0.25) is 9.69 Å². The predicted octanol–water partition coefficient (Wildman–Crippen LogP) is 2.60. The van der Waals surface area contributed by atoms with Gasteiger partial charge in [-0.1, -0.05) is 12.1 Å². The van der Waals surface area contributed by atoms with Crippen molar-refractivity contribution >= 4 is 11.6 Å². The Balaban J connectivity index is 1.45. The molecule has 150 valence electrons. The van der Waals surface area contributed by atoms with Gasteiger partial charge in [-0.05, 0) is 42.0 Å². The Morgan fingerprint density at radius 2 is 2.00 bits per heavy atom. The first-order chi connectivity index (χ1) is 13.5. The van der Waals surface area contributed by atoms with Crippen LogP contribution in [-0.4, -0.2) is 54.9 Å². The number of hydrogen-bond donors (Lipinski definition) is 2. The maximum Gasteiger partial charge on any atom is 0.221 e. The average Bonchev–Trinajstić information content (AvgIpc) is 2.68. The van der Waals surface area contributed by atoms with Crippen molar-refractivity contribution in [2.45, 2.75) is 19.1 Å². The average molecular weight is 388 g/mol. The fourth-order valence-corrected chi connectivity index (χ4v) is 3.13. The van der Waals surface area contributed by atoms with E-state index < -0.39 is 6.10 Å². The first-order valence-corrected chi connectivity index (χ1v) is 9.27. The van der Waals surface area contributed by atoms with E-state index in [0.29, 0.717) is 31.1 Å². The SMILES string of the molecule is CC(=O)Nc1ccc(OC[C@H](O)CN2CCO[C@@H](c3ccc(F)cc3)C2)cc1. The maximum absolute atomic E-state index is 13.1. The minimum absolute atomic E-state index is 0.131. The smallest absolute Gasteiger partial charge is 0.221 e. The predicted molar refractivity (Wildman–Crippen MR) is 104 cm³/mol. The summed E-state index contributed by atoms with van der Waals surface area (Å²) in [7, 11) is 0. The molecule has 1 aliphatic heterocycles. The number of ether oxygens (including phenoxy) is 2. The molecule has 0 bridgehead atoms. The number of morpholine rings is 1. The van der Waals surface area contributed by atoms with Crippen LogP contribution in [0.25, 0.3) is 0 Å². The fourth-order valence-electron chi connectivity index (χ4n) is 3.13. The molecule has 2 aromatic carbocycles. The van der Waals surface area contributed by atoms with Crippen LogP contribution in [0.15, 0.2) is 48.5 Å². The summed E-state index contributed by atoms with van der Waals surface area (Å²) in [6.45, 7) is 3.99. The van der Waals surface area contributed by atoms with Crippen LogP contribution in [-0.2, 0) is 9.53 Å². The fraction of sp³-hybridized carbons (Fsp3) is 0.381. The van der Waals surface area contributed by atoms with Crippen LogP contribution < -0.4 is 10.1 Å². The number of nitrogens with zero attached hydrogens (tertiary/aromatic N) is 1. The van der Waals surface area contributed by atoms with Crippen molar-refractivity contribution in [2.24, 2.45) is 0 Å². The van der Waals surface area contributed by atoms with E-state index in [4.69, 9.17) is 9.47 Å². The quantitative estimate of drug-likeness (QED) is 0.763. The number of benzene rings is 2. The lowest BCUT2D eigenvalue weighted by Gasteiger charge is -2.34. The number of aliphatic hydroxyl groups is 1. The van der Waals surface area contributed by atoms with Gasteiger partial charge in [-0.2, -0.15) is 0 Å². The van der Waals surface area contributed by atoms with E-state index in [-0.39, 0.29) is 24.4 Å². The molecule has 0 unspecified atom stereocenters. The van der Waals surface area contributed by atoms with Crippen molar-refractivity contribution in [3.8, 4) is 5.75 Å². The molecule has 7 heteroatoms. The van der Waals surface area contributed by atoms with Crippen molar-refractivity contribution in [2.75, 3.05) is 38.2 Å². The van der Waals surface area contributed by atoms with Crippen molar-refractivity contribution in [3.05, 3.63) is 59.9 Å². The highest BCUT2D eigenvalue weighted by molar-refractivity contribution is 5.88. The second kappa shape index (κ2) is 9.64. The molecule has 1 fully saturated rings. The van der Waals surface area contributed by atoms with Crippen LogP contribution in [0.2, 0.25) is 0 Å². The van der Waals surface area contributed by atoms with E-state index >= 15 is 0 Å². The number of aliphatic hydroxyl groups excluding tert-OH is 1. The van der Waals surface area contributed by atoms with Gasteiger partial charge in [-0.25, -0.2) is 4.39 Å². The Hall–Kier alpha value is -2.48. The highest BCUT2D eigenvalue weighted by Crippen LogP contribution is 2.22. The van der Waals surface area contributed by atoms with Crippen molar-refractivity contribution in [1.82, 2.24) is 4.90 Å². The van der Waals surface area contributed by atoms with Crippen molar-refractivity contribution in [3.63, 3.8) is 0 Å². The zero-order chi connectivity index (χ0) is 19.9. The molecule has 2 atom stereocenters. The highest BCUT2D eigenvalue weighted by Gasteiger charge is 2.23. The summed E-state index contributed by atoms with van der Waals surface area (Å²) in [6.07, 6.45) is -0.786. The molecule has 2 aromatic rings. The number of halogens is 1. The highest BCUT2D eigenvalue weighted by atomic mass is 19.1. The topological polar surface area (TPSA) is 71.0 Å². The molecule has 0 saturated carbocycles. The van der Waals surface area contributed by atoms with Gasteiger partial charge >= 0.3 is 0 Å². The molecule has 0 aromatic heterocycles. The lowest BCUT2D eigenvalue weighted by Crippen LogP contribution is -2.43. The van der Waals surface area contributed by atoms with Crippen LogP contribution in [0, 0.1) is 5.82 Å². The van der Waals surface area contributed by atoms with E-state index in [2.05, 4.69) is 10.2 Å². The molecule has 6 nitrogen and oxygen atoms in total. The Morgan fingerprint density at radius 1 is 1.29 bits per heavy atom. The summed E-state index contributed by atoms with van der Waals surface area (Å²) in [5, 5.41) is 13.0. The van der Waals surface area contributed by atoms with Gasteiger partial charge in [0.25, 0.3) is 0 Å². The lowest BCUT2D eigenvalue weighted by atomic mass is 10.1. The minimum Gasteiger partial charge on any atom is -0.491 e. The third kappa shape index (κ3) is 6.02. The zero-order valence-electron chi connectivity index (χ0n) is 15.8. The summed E-state index contributed by atoms with van der Waals surface area (Å²) in [5.74, 6) is 0.224. The molecular weight excluding hydrogens is 363 g/mol. The number of carbonyl (C=O) groups is 1. The van der Waals surface area contributed by atoms with Crippen LogP contribution in [0.4, 0.5) is 10.1 Å². The molecule has 3 rings (SSSR count). The molecule has 1 aliphatic rings. The zero-order valence-corrected chi connectivity index (χ0v) is 15.8. The number of carbonyl (C=O) groups excluding carboxylic acids is 1. The summed E-state index contributed by atoms with van der Waals surface area (Å²) >= 11 is 0.